The molecule has 0 bridgehead atoms. The minimum atomic E-state index is -2.39. The number of esters is 1. The highest BCUT2D eigenvalue weighted by Gasteiger charge is 2.60. The molecule has 0 aliphatic carbocycles. The number of nitro benzene ring substituents is 1. The molecular formula is C33H57N3O9Si. The molecule has 0 amide bonds. The minimum absolute atomic E-state index is 0.0247. The molecule has 1 rings (SSSR count). The van der Waals surface area contributed by atoms with Crippen LogP contribution in [0.5, 0.6) is 5.75 Å². The molecule has 46 heavy (non-hydrogen) atoms. The largest absolute Gasteiger partial charge is 0.543 e. The standard InChI is InChI=1S/C33H57N3O9Si/c1-29(2,3)33(28(40)41,30(4,5)6)35(21-26(37)38)18-17-34(22-27(39)44-31(7,8)9)20-23-19-24(36(42)43)15-16-25(23)45-46(13,14)32(10,11)12/h15-16,19H,17-18,20-22H2,1-14H3,(H,37,38)(H,40,41). The van der Waals surface area contributed by atoms with Crippen LogP contribution < -0.4 is 4.43 Å². The number of hydrogen-bond acceptors (Lipinski definition) is 9. The van der Waals surface area contributed by atoms with Crippen LogP contribution in [0.2, 0.25) is 18.1 Å². The first-order valence-electron chi connectivity index (χ1n) is 15.6. The van der Waals surface area contributed by atoms with E-state index < -0.39 is 59.7 Å². The minimum Gasteiger partial charge on any atom is -0.543 e. The van der Waals surface area contributed by atoms with Crippen LogP contribution in [-0.4, -0.2) is 88.5 Å². The third-order valence-electron chi connectivity index (χ3n) is 8.56. The Morgan fingerprint density at radius 1 is 0.870 bits per heavy atom. The first-order valence-corrected chi connectivity index (χ1v) is 18.5. The van der Waals surface area contributed by atoms with Gasteiger partial charge in [0, 0.05) is 37.3 Å². The van der Waals surface area contributed by atoms with Crippen molar-refractivity contribution in [3.05, 3.63) is 33.9 Å². The van der Waals surface area contributed by atoms with Crippen LogP contribution in [-0.2, 0) is 25.7 Å². The number of ether oxygens (including phenoxy) is 1. The fourth-order valence-corrected chi connectivity index (χ4v) is 7.04. The molecule has 0 radical (unpaired) electrons. The molecule has 0 saturated heterocycles. The van der Waals surface area contributed by atoms with E-state index in [-0.39, 0.29) is 36.9 Å². The lowest BCUT2D eigenvalue weighted by Gasteiger charge is -2.56. The van der Waals surface area contributed by atoms with Crippen molar-refractivity contribution in [2.24, 2.45) is 10.8 Å². The molecule has 262 valence electrons. The number of carbonyl (C=O) groups excluding carboxylic acids is 1. The Balaban J connectivity index is 3.79. The molecule has 0 spiro atoms. The van der Waals surface area contributed by atoms with E-state index in [4.69, 9.17) is 9.16 Å². The molecule has 1 aromatic rings. The molecule has 0 aromatic heterocycles. The number of hydrogen-bond donors (Lipinski definition) is 2. The number of non-ortho nitro benzene ring substituents is 1. The van der Waals surface area contributed by atoms with Crippen molar-refractivity contribution in [3.8, 4) is 5.75 Å². The number of aliphatic carboxylic acids is 2. The number of benzene rings is 1. The molecule has 0 unspecified atom stereocenters. The Hall–Kier alpha value is -3.03. The molecule has 1 aromatic carbocycles. The van der Waals surface area contributed by atoms with Crippen molar-refractivity contribution >= 4 is 31.9 Å². The Kier molecular flexibility index (Phi) is 12.8. The number of nitro groups is 1. The van der Waals surface area contributed by atoms with Gasteiger partial charge in [0.05, 0.1) is 18.0 Å². The highest BCUT2D eigenvalue weighted by molar-refractivity contribution is 6.74. The van der Waals surface area contributed by atoms with Gasteiger partial charge in [-0.05, 0) is 55.8 Å². The summed E-state index contributed by atoms with van der Waals surface area (Å²) in [6.45, 7) is 25.5. The van der Waals surface area contributed by atoms with E-state index in [1.165, 1.54) is 17.0 Å². The lowest BCUT2D eigenvalue weighted by Crippen LogP contribution is -2.70. The maximum atomic E-state index is 13.2. The van der Waals surface area contributed by atoms with Crippen LogP contribution in [0, 0.1) is 20.9 Å². The Labute approximate surface area is 275 Å². The van der Waals surface area contributed by atoms with Gasteiger partial charge in [0.15, 0.2) is 0 Å². The zero-order chi connectivity index (χ0) is 36.3. The second kappa shape index (κ2) is 14.4. The van der Waals surface area contributed by atoms with Crippen molar-refractivity contribution in [3.63, 3.8) is 0 Å². The summed E-state index contributed by atoms with van der Waals surface area (Å²) in [5.41, 5.74) is -3.90. The monoisotopic (exact) mass is 667 g/mol. The van der Waals surface area contributed by atoms with E-state index in [0.29, 0.717) is 11.3 Å². The smallest absolute Gasteiger partial charge is 0.325 e. The van der Waals surface area contributed by atoms with Crippen LogP contribution >= 0.6 is 0 Å². The van der Waals surface area contributed by atoms with Gasteiger partial charge in [-0.3, -0.25) is 34.3 Å². The summed E-state index contributed by atoms with van der Waals surface area (Å²) in [6.07, 6.45) is 0. The maximum absolute atomic E-state index is 13.2. The van der Waals surface area contributed by atoms with E-state index >= 15 is 0 Å². The highest BCUT2D eigenvalue weighted by atomic mass is 28.4. The Morgan fingerprint density at radius 3 is 1.78 bits per heavy atom. The number of carboxylic acid groups (broad SMARTS) is 2. The van der Waals surface area contributed by atoms with Gasteiger partial charge < -0.3 is 19.4 Å². The van der Waals surface area contributed by atoms with Gasteiger partial charge in [-0.2, -0.15) is 0 Å². The fourth-order valence-electron chi connectivity index (χ4n) is 5.98. The van der Waals surface area contributed by atoms with Gasteiger partial charge in [0.25, 0.3) is 5.69 Å². The first kappa shape index (κ1) is 41.0. The summed E-state index contributed by atoms with van der Waals surface area (Å²) in [4.78, 5) is 52.9. The number of nitrogens with zero attached hydrogens (tertiary/aromatic N) is 3. The molecule has 0 aliphatic heterocycles. The van der Waals surface area contributed by atoms with Crippen molar-refractivity contribution in [1.82, 2.24) is 9.80 Å². The Morgan fingerprint density at radius 2 is 1.39 bits per heavy atom. The van der Waals surface area contributed by atoms with Crippen LogP contribution in [0.25, 0.3) is 0 Å². The van der Waals surface area contributed by atoms with Crippen molar-refractivity contribution in [2.75, 3.05) is 26.2 Å². The van der Waals surface area contributed by atoms with Gasteiger partial charge in [0.1, 0.15) is 16.9 Å². The zero-order valence-electron chi connectivity index (χ0n) is 30.4. The topological polar surface area (TPSA) is 160 Å². The van der Waals surface area contributed by atoms with E-state index in [1.54, 1.807) is 73.3 Å². The summed E-state index contributed by atoms with van der Waals surface area (Å²) in [5, 5.41) is 32.3. The second-order valence-corrected chi connectivity index (χ2v) is 21.3. The van der Waals surface area contributed by atoms with Crippen molar-refractivity contribution < 1.29 is 38.7 Å². The summed E-state index contributed by atoms with van der Waals surface area (Å²) in [6, 6.07) is 4.38. The molecule has 12 nitrogen and oxygen atoms in total. The lowest BCUT2D eigenvalue weighted by molar-refractivity contribution is -0.384. The predicted molar refractivity (Wildman–Crippen MR) is 181 cm³/mol. The average Bonchev–Trinajstić information content (AvgIpc) is 2.78. The molecule has 0 saturated carbocycles. The SMILES string of the molecule is CC(C)(C)OC(=O)CN(CCN(CC(=O)O)C(C(=O)O)(C(C)(C)C)C(C)(C)C)Cc1cc([N+](=O)[O-])ccc1O[Si](C)(C)C(C)(C)C. The van der Waals surface area contributed by atoms with E-state index in [9.17, 15) is 34.7 Å². The highest BCUT2D eigenvalue weighted by Crippen LogP contribution is 2.48. The Bertz CT molecular complexity index is 1250. The van der Waals surface area contributed by atoms with E-state index in [1.807, 2.05) is 0 Å². The summed E-state index contributed by atoms with van der Waals surface area (Å²) < 4.78 is 12.2. The van der Waals surface area contributed by atoms with Gasteiger partial charge in [-0.1, -0.05) is 62.3 Å². The van der Waals surface area contributed by atoms with E-state index in [0.717, 1.165) is 0 Å². The van der Waals surface area contributed by atoms with Crippen LogP contribution in [0.3, 0.4) is 0 Å². The molecule has 0 aliphatic rings. The van der Waals surface area contributed by atoms with Crippen molar-refractivity contribution in [2.45, 2.75) is 119 Å². The normalized spacial score (nSPS) is 13.6. The molecule has 0 atom stereocenters. The quantitative estimate of drug-likeness (QED) is 0.0975. The van der Waals surface area contributed by atoms with Gasteiger partial charge in [-0.25, -0.2) is 0 Å². The summed E-state index contributed by atoms with van der Waals surface area (Å²) >= 11 is 0. The fraction of sp³-hybridized carbons (Fsp3) is 0.727. The third-order valence-corrected chi connectivity index (χ3v) is 12.9. The predicted octanol–water partition coefficient (Wildman–Crippen LogP) is 6.42. The average molecular weight is 668 g/mol. The first-order chi connectivity index (χ1) is 20.5. The molecule has 2 N–H and O–H groups in total. The second-order valence-electron chi connectivity index (χ2n) is 16.5. The molecule has 0 fully saturated rings. The third kappa shape index (κ3) is 10.2. The number of carbonyl (C=O) groups is 3. The maximum Gasteiger partial charge on any atom is 0.325 e. The molecule has 13 heteroatoms. The van der Waals surface area contributed by atoms with Crippen LogP contribution in [0.1, 0.15) is 88.6 Å². The van der Waals surface area contributed by atoms with Gasteiger partial charge >= 0.3 is 17.9 Å². The van der Waals surface area contributed by atoms with Crippen molar-refractivity contribution in [1.29, 1.82) is 0 Å². The molecular weight excluding hydrogens is 610 g/mol. The van der Waals surface area contributed by atoms with Gasteiger partial charge in [-0.15, -0.1) is 0 Å². The van der Waals surface area contributed by atoms with E-state index in [2.05, 4.69) is 33.9 Å². The zero-order valence-corrected chi connectivity index (χ0v) is 31.4. The van der Waals surface area contributed by atoms with Gasteiger partial charge in [0.2, 0.25) is 8.32 Å². The lowest BCUT2D eigenvalue weighted by atomic mass is 9.59. The van der Waals surface area contributed by atoms with Crippen LogP contribution in [0.15, 0.2) is 18.2 Å². The summed E-state index contributed by atoms with van der Waals surface area (Å²) in [5.74, 6) is -2.44. The van der Waals surface area contributed by atoms with Crippen LogP contribution in [0.4, 0.5) is 5.69 Å². The number of rotatable bonds is 14. The molecule has 0 heterocycles. The summed E-state index contributed by atoms with van der Waals surface area (Å²) in [7, 11) is -2.39. The number of carboxylic acids is 2.